The molecule has 2 atom stereocenters. The molecule has 7 heteroatoms. The molecule has 6 nitrogen and oxygen atoms in total. The first-order chi connectivity index (χ1) is 16.9. The quantitative estimate of drug-likeness (QED) is 0.428. The highest BCUT2D eigenvalue weighted by Gasteiger charge is 2.38. The van der Waals surface area contributed by atoms with Crippen molar-refractivity contribution < 1.29 is 29.1 Å². The van der Waals surface area contributed by atoms with Crippen LogP contribution in [-0.2, 0) is 11.4 Å². The summed E-state index contributed by atoms with van der Waals surface area (Å²) in [7, 11) is -1.51. The number of rotatable bonds is 6. The second kappa shape index (κ2) is 9.37. The molecule has 0 aromatic heterocycles. The Kier molecular flexibility index (Phi) is 6.11. The second-order valence-electron chi connectivity index (χ2n) is 8.66. The molecule has 0 bridgehead atoms. The van der Waals surface area contributed by atoms with Crippen molar-refractivity contribution >= 4 is 24.1 Å². The summed E-state index contributed by atoms with van der Waals surface area (Å²) in [5.41, 5.74) is 3.72. The van der Waals surface area contributed by atoms with Gasteiger partial charge in [0.15, 0.2) is 11.6 Å². The van der Waals surface area contributed by atoms with Crippen LogP contribution in [0.2, 0.25) is 0 Å². The van der Waals surface area contributed by atoms with Gasteiger partial charge in [-0.25, -0.2) is 0 Å². The van der Waals surface area contributed by atoms with Crippen LogP contribution in [0.5, 0.6) is 11.5 Å². The molecule has 0 amide bonds. The van der Waals surface area contributed by atoms with E-state index in [0.717, 1.165) is 16.7 Å². The van der Waals surface area contributed by atoms with Gasteiger partial charge in [-0.1, -0.05) is 60.7 Å². The number of allylic oxidation sites excluding steroid dienone is 3. The van der Waals surface area contributed by atoms with Crippen LogP contribution in [-0.4, -0.2) is 28.7 Å². The van der Waals surface area contributed by atoms with Crippen molar-refractivity contribution in [3.8, 4) is 11.5 Å². The van der Waals surface area contributed by atoms with Crippen molar-refractivity contribution in [1.29, 1.82) is 0 Å². The van der Waals surface area contributed by atoms with Crippen molar-refractivity contribution in [2.24, 2.45) is 5.92 Å². The van der Waals surface area contributed by atoms with Crippen LogP contribution in [0.3, 0.4) is 0 Å². The van der Waals surface area contributed by atoms with Gasteiger partial charge in [0.1, 0.15) is 23.9 Å². The molecule has 1 heterocycles. The molecular formula is C28H23BO6. The highest BCUT2D eigenvalue weighted by Crippen LogP contribution is 2.49. The fraction of sp³-hybridized carbons (Fsp3) is 0.143. The number of fused-ring (bicyclic) bond motifs is 2. The minimum Gasteiger partial charge on any atom is -0.489 e. The molecule has 35 heavy (non-hydrogen) atoms. The molecule has 5 rings (SSSR count). The molecular weight excluding hydrogens is 443 g/mol. The number of ether oxygens (including phenoxy) is 2. The van der Waals surface area contributed by atoms with Crippen LogP contribution < -0.4 is 14.9 Å². The maximum absolute atomic E-state index is 12.4. The Morgan fingerprint density at radius 3 is 2.54 bits per heavy atom. The highest BCUT2D eigenvalue weighted by molar-refractivity contribution is 6.58. The minimum absolute atomic E-state index is 0.0188. The van der Waals surface area contributed by atoms with E-state index in [1.807, 2.05) is 42.5 Å². The Bertz CT molecular complexity index is 1360. The molecule has 0 radical (unpaired) electrons. The van der Waals surface area contributed by atoms with Crippen LogP contribution in [0.4, 0.5) is 0 Å². The van der Waals surface area contributed by atoms with Crippen LogP contribution in [0.1, 0.15) is 39.9 Å². The molecule has 174 valence electrons. The lowest BCUT2D eigenvalue weighted by Gasteiger charge is -2.36. The van der Waals surface area contributed by atoms with Gasteiger partial charge in [0, 0.05) is 35.1 Å². The molecule has 0 spiro atoms. The maximum Gasteiger partial charge on any atom is 0.488 e. The summed E-state index contributed by atoms with van der Waals surface area (Å²) in [5, 5.41) is 18.5. The Morgan fingerprint density at radius 2 is 1.80 bits per heavy atom. The Balaban J connectivity index is 1.48. The minimum atomic E-state index is -1.51. The van der Waals surface area contributed by atoms with E-state index in [9.17, 15) is 19.6 Å². The van der Waals surface area contributed by atoms with E-state index < -0.39 is 7.12 Å². The predicted molar refractivity (Wildman–Crippen MR) is 132 cm³/mol. The zero-order valence-corrected chi connectivity index (χ0v) is 19.0. The number of carbonyl (C=O) groups is 2. The Labute approximate surface area is 203 Å². The summed E-state index contributed by atoms with van der Waals surface area (Å²) in [5.74, 6) is 1.16. The molecule has 2 aliphatic rings. The Hall–Kier alpha value is -3.94. The standard InChI is InChI=1S/C28H23BO6/c1-17(30)22-4-2-3-5-23(22)28-24-12-10-20(31)14-26(24)35-27-15-21(11-13-25(27)28)34-16-18-6-8-19(9-7-18)29(32)33/h2-15,24,28,32-33H,16H2,1H3. The van der Waals surface area contributed by atoms with E-state index in [1.165, 1.54) is 6.08 Å². The van der Waals surface area contributed by atoms with Crippen molar-refractivity contribution in [2.75, 3.05) is 0 Å². The van der Waals surface area contributed by atoms with E-state index in [1.54, 1.807) is 43.3 Å². The molecule has 3 aromatic carbocycles. The third-order valence-electron chi connectivity index (χ3n) is 6.35. The normalized spacial score (nSPS) is 18.1. The van der Waals surface area contributed by atoms with Crippen LogP contribution in [0, 0.1) is 5.92 Å². The molecule has 0 saturated carbocycles. The molecule has 0 fully saturated rings. The van der Waals surface area contributed by atoms with Gasteiger partial charge >= 0.3 is 7.12 Å². The lowest BCUT2D eigenvalue weighted by Crippen LogP contribution is -2.29. The van der Waals surface area contributed by atoms with Crippen molar-refractivity contribution in [3.05, 3.63) is 113 Å². The first kappa shape index (κ1) is 22.8. The average molecular weight is 466 g/mol. The van der Waals surface area contributed by atoms with Gasteiger partial charge in [-0.2, -0.15) is 0 Å². The third kappa shape index (κ3) is 4.56. The molecule has 2 unspecified atom stereocenters. The topological polar surface area (TPSA) is 93.1 Å². The Morgan fingerprint density at radius 1 is 1.03 bits per heavy atom. The van der Waals surface area contributed by atoms with Gasteiger partial charge in [0.2, 0.25) is 0 Å². The predicted octanol–water partition coefficient (Wildman–Crippen LogP) is 3.31. The number of ketones is 2. The fourth-order valence-electron chi connectivity index (χ4n) is 4.62. The van der Waals surface area contributed by atoms with Gasteiger partial charge in [0.05, 0.1) is 0 Å². The largest absolute Gasteiger partial charge is 0.489 e. The average Bonchev–Trinajstić information content (AvgIpc) is 2.86. The van der Waals surface area contributed by atoms with Crippen LogP contribution >= 0.6 is 0 Å². The summed E-state index contributed by atoms with van der Waals surface area (Å²) in [4.78, 5) is 24.5. The van der Waals surface area contributed by atoms with E-state index >= 15 is 0 Å². The maximum atomic E-state index is 12.4. The lowest BCUT2D eigenvalue weighted by atomic mass is 9.74. The number of benzene rings is 3. The van der Waals surface area contributed by atoms with E-state index in [0.29, 0.717) is 28.3 Å². The van der Waals surface area contributed by atoms with Crippen LogP contribution in [0.25, 0.3) is 0 Å². The van der Waals surface area contributed by atoms with Crippen LogP contribution in [0.15, 0.2) is 90.7 Å². The zero-order chi connectivity index (χ0) is 24.5. The molecule has 2 N–H and O–H groups in total. The first-order valence-electron chi connectivity index (χ1n) is 11.3. The lowest BCUT2D eigenvalue weighted by molar-refractivity contribution is -0.110. The molecule has 3 aromatic rings. The number of hydrogen-bond donors (Lipinski definition) is 2. The summed E-state index contributed by atoms with van der Waals surface area (Å²) in [6.45, 7) is 1.84. The van der Waals surface area contributed by atoms with Gasteiger partial charge in [-0.05, 0) is 35.7 Å². The second-order valence-corrected chi connectivity index (χ2v) is 8.66. The van der Waals surface area contributed by atoms with Crippen molar-refractivity contribution in [1.82, 2.24) is 0 Å². The van der Waals surface area contributed by atoms with Gasteiger partial charge in [0.25, 0.3) is 0 Å². The highest BCUT2D eigenvalue weighted by atomic mass is 16.5. The van der Waals surface area contributed by atoms with Crippen molar-refractivity contribution in [2.45, 2.75) is 19.4 Å². The molecule has 0 saturated heterocycles. The molecule has 1 aliphatic heterocycles. The van der Waals surface area contributed by atoms with E-state index in [-0.39, 0.29) is 30.0 Å². The molecule has 1 aliphatic carbocycles. The van der Waals surface area contributed by atoms with Crippen molar-refractivity contribution in [3.63, 3.8) is 0 Å². The van der Waals surface area contributed by atoms with Gasteiger partial charge < -0.3 is 19.5 Å². The van der Waals surface area contributed by atoms with Gasteiger partial charge in [-0.15, -0.1) is 0 Å². The SMILES string of the molecule is CC(=O)c1ccccc1C1c2ccc(OCc3ccc(B(O)O)cc3)cc2OC2=CC(=O)C=CC21. The van der Waals surface area contributed by atoms with Gasteiger partial charge in [-0.3, -0.25) is 9.59 Å². The monoisotopic (exact) mass is 466 g/mol. The van der Waals surface area contributed by atoms with E-state index in [2.05, 4.69) is 0 Å². The summed E-state index contributed by atoms with van der Waals surface area (Å²) in [6.07, 6.45) is 4.89. The zero-order valence-electron chi connectivity index (χ0n) is 19.0. The summed E-state index contributed by atoms with van der Waals surface area (Å²) in [6, 6.07) is 20.0. The van der Waals surface area contributed by atoms with E-state index in [4.69, 9.17) is 9.47 Å². The number of hydrogen-bond acceptors (Lipinski definition) is 6. The fourth-order valence-corrected chi connectivity index (χ4v) is 4.62. The smallest absolute Gasteiger partial charge is 0.488 e. The first-order valence-corrected chi connectivity index (χ1v) is 11.3. The number of Topliss-reactive ketones (excluding diaryl/α,β-unsaturated/α-hetero) is 1. The summed E-state index contributed by atoms with van der Waals surface area (Å²) < 4.78 is 12.1. The summed E-state index contributed by atoms with van der Waals surface area (Å²) >= 11 is 0. The third-order valence-corrected chi connectivity index (χ3v) is 6.35. The number of carbonyl (C=O) groups excluding carboxylic acids is 2.